The minimum absolute atomic E-state index is 0.0101. The Bertz CT molecular complexity index is 627. The third-order valence-corrected chi connectivity index (χ3v) is 3.33. The third kappa shape index (κ3) is 4.18. The monoisotopic (exact) mass is 292 g/mol. The van der Waals surface area contributed by atoms with Gasteiger partial charge in [0, 0.05) is 12.8 Å². The number of halogens is 3. The Balaban J connectivity index is 2.02. The van der Waals surface area contributed by atoms with Crippen LogP contribution < -0.4 is 0 Å². The van der Waals surface area contributed by atoms with Crippen molar-refractivity contribution in [2.45, 2.75) is 25.9 Å². The highest BCUT2D eigenvalue weighted by Crippen LogP contribution is 2.29. The molecule has 0 heterocycles. The number of alkyl halides is 3. The number of rotatable bonds is 4. The summed E-state index contributed by atoms with van der Waals surface area (Å²) in [4.78, 5) is 12.0. The van der Waals surface area contributed by atoms with Crippen LogP contribution in [0.3, 0.4) is 0 Å². The van der Waals surface area contributed by atoms with E-state index in [2.05, 4.69) is 0 Å². The van der Waals surface area contributed by atoms with Crippen molar-refractivity contribution in [1.82, 2.24) is 0 Å². The minimum atomic E-state index is -4.34. The van der Waals surface area contributed by atoms with E-state index in [4.69, 9.17) is 0 Å². The number of carbonyl (C=O) groups excluding carboxylic acids is 1. The van der Waals surface area contributed by atoms with Crippen LogP contribution in [0.1, 0.15) is 22.3 Å². The Hall–Kier alpha value is -2.10. The quantitative estimate of drug-likeness (QED) is 0.818. The summed E-state index contributed by atoms with van der Waals surface area (Å²) in [6.45, 7) is 1.93. The zero-order chi connectivity index (χ0) is 15.5. The second-order valence-corrected chi connectivity index (χ2v) is 5.01. The first-order valence-electron chi connectivity index (χ1n) is 6.58. The lowest BCUT2D eigenvalue weighted by molar-refractivity contribution is -0.137. The lowest BCUT2D eigenvalue weighted by Gasteiger charge is -2.08. The zero-order valence-corrected chi connectivity index (χ0v) is 11.6. The van der Waals surface area contributed by atoms with E-state index < -0.39 is 11.7 Å². The highest BCUT2D eigenvalue weighted by Gasteiger charge is 2.29. The van der Waals surface area contributed by atoms with Crippen LogP contribution in [0.15, 0.2) is 48.5 Å². The molecule has 0 saturated heterocycles. The molecule has 1 nitrogen and oxygen atoms in total. The molecule has 4 heteroatoms. The Kier molecular flexibility index (Phi) is 4.46. The van der Waals surface area contributed by atoms with Crippen LogP contribution in [0.2, 0.25) is 0 Å². The van der Waals surface area contributed by atoms with Crippen molar-refractivity contribution in [2.75, 3.05) is 0 Å². The van der Waals surface area contributed by atoms with Crippen LogP contribution in [-0.2, 0) is 23.8 Å². The predicted molar refractivity (Wildman–Crippen MR) is 75.0 cm³/mol. The number of Topliss-reactive ketones (excluding diaryl/α,β-unsaturated/α-hetero) is 1. The van der Waals surface area contributed by atoms with E-state index >= 15 is 0 Å². The highest BCUT2D eigenvalue weighted by atomic mass is 19.4. The largest absolute Gasteiger partial charge is 0.416 e. The molecule has 0 unspecified atom stereocenters. The van der Waals surface area contributed by atoms with Gasteiger partial charge in [-0.3, -0.25) is 4.79 Å². The molecule has 110 valence electrons. The average Bonchev–Trinajstić information content (AvgIpc) is 2.41. The summed E-state index contributed by atoms with van der Waals surface area (Å²) in [5.74, 6) is -0.0101. The van der Waals surface area contributed by atoms with Crippen molar-refractivity contribution in [1.29, 1.82) is 0 Å². The molecule has 0 aliphatic rings. The summed E-state index contributed by atoms with van der Waals surface area (Å²) >= 11 is 0. The van der Waals surface area contributed by atoms with E-state index in [0.717, 1.165) is 23.3 Å². The van der Waals surface area contributed by atoms with Gasteiger partial charge in [0.1, 0.15) is 5.78 Å². The highest BCUT2D eigenvalue weighted by molar-refractivity contribution is 5.83. The maximum atomic E-state index is 12.4. The lowest BCUT2D eigenvalue weighted by atomic mass is 9.99. The molecule has 0 atom stereocenters. The molecule has 0 aromatic heterocycles. The van der Waals surface area contributed by atoms with Crippen LogP contribution in [-0.4, -0.2) is 5.78 Å². The average molecular weight is 292 g/mol. The molecule has 2 rings (SSSR count). The van der Waals surface area contributed by atoms with Crippen LogP contribution in [0.4, 0.5) is 13.2 Å². The van der Waals surface area contributed by atoms with Crippen molar-refractivity contribution >= 4 is 5.78 Å². The molecule has 2 aromatic rings. The van der Waals surface area contributed by atoms with Crippen LogP contribution in [0.25, 0.3) is 0 Å². The van der Waals surface area contributed by atoms with Gasteiger partial charge in [-0.15, -0.1) is 0 Å². The van der Waals surface area contributed by atoms with E-state index in [0.29, 0.717) is 12.0 Å². The maximum Gasteiger partial charge on any atom is 0.416 e. The molecule has 0 saturated carbocycles. The van der Waals surface area contributed by atoms with Gasteiger partial charge in [-0.1, -0.05) is 36.4 Å². The first-order valence-corrected chi connectivity index (χ1v) is 6.58. The molecule has 0 radical (unpaired) electrons. The van der Waals surface area contributed by atoms with E-state index in [9.17, 15) is 18.0 Å². The molecule has 0 fully saturated rings. The number of hydrogen-bond donors (Lipinski definition) is 0. The van der Waals surface area contributed by atoms with Gasteiger partial charge < -0.3 is 0 Å². The van der Waals surface area contributed by atoms with Gasteiger partial charge in [-0.2, -0.15) is 13.2 Å². The van der Waals surface area contributed by atoms with Crippen LogP contribution in [0.5, 0.6) is 0 Å². The molecule has 0 bridgehead atoms. The van der Waals surface area contributed by atoms with Crippen molar-refractivity contribution in [2.24, 2.45) is 0 Å². The molecule has 2 aromatic carbocycles. The normalized spacial score (nSPS) is 11.4. The van der Waals surface area contributed by atoms with Gasteiger partial charge in [-0.25, -0.2) is 0 Å². The minimum Gasteiger partial charge on any atom is -0.299 e. The molecular weight excluding hydrogens is 277 g/mol. The fraction of sp³-hybridized carbons (Fsp3) is 0.235. The summed E-state index contributed by atoms with van der Waals surface area (Å²) in [5, 5.41) is 0. The second kappa shape index (κ2) is 6.12. The van der Waals surface area contributed by atoms with Gasteiger partial charge in [0.25, 0.3) is 0 Å². The lowest BCUT2D eigenvalue weighted by Crippen LogP contribution is -2.09. The molecular formula is C17H15F3O. The number of ketones is 1. The van der Waals surface area contributed by atoms with Crippen molar-refractivity contribution in [3.05, 3.63) is 70.8 Å². The first kappa shape index (κ1) is 15.3. The van der Waals surface area contributed by atoms with Crippen molar-refractivity contribution in [3.8, 4) is 0 Å². The van der Waals surface area contributed by atoms with E-state index in [1.165, 1.54) is 12.1 Å². The Labute approximate surface area is 121 Å². The molecule has 0 aliphatic heterocycles. The van der Waals surface area contributed by atoms with E-state index in [1.54, 1.807) is 0 Å². The number of hydrogen-bond acceptors (Lipinski definition) is 1. The smallest absolute Gasteiger partial charge is 0.299 e. The topological polar surface area (TPSA) is 17.1 Å². The Morgan fingerprint density at radius 3 is 2.14 bits per heavy atom. The van der Waals surface area contributed by atoms with Gasteiger partial charge in [0.15, 0.2) is 0 Å². The van der Waals surface area contributed by atoms with Crippen molar-refractivity contribution < 1.29 is 18.0 Å². The van der Waals surface area contributed by atoms with Crippen LogP contribution >= 0.6 is 0 Å². The zero-order valence-electron chi connectivity index (χ0n) is 11.6. The fourth-order valence-corrected chi connectivity index (χ4v) is 2.12. The van der Waals surface area contributed by atoms with Crippen molar-refractivity contribution in [3.63, 3.8) is 0 Å². The summed E-state index contributed by atoms with van der Waals surface area (Å²) < 4.78 is 37.3. The van der Waals surface area contributed by atoms with Gasteiger partial charge in [-0.05, 0) is 35.7 Å². The second-order valence-electron chi connectivity index (χ2n) is 5.01. The summed E-state index contributed by atoms with van der Waals surface area (Å²) in [5.41, 5.74) is 1.90. The Morgan fingerprint density at radius 2 is 1.57 bits per heavy atom. The van der Waals surface area contributed by atoms with Gasteiger partial charge in [0.2, 0.25) is 0 Å². The summed E-state index contributed by atoms with van der Waals surface area (Å²) in [6, 6.07) is 12.3. The fourth-order valence-electron chi connectivity index (χ4n) is 2.12. The molecule has 0 spiro atoms. The molecule has 0 aliphatic carbocycles. The predicted octanol–water partition coefficient (Wildman–Crippen LogP) is 4.37. The van der Waals surface area contributed by atoms with Gasteiger partial charge >= 0.3 is 6.18 Å². The molecule has 21 heavy (non-hydrogen) atoms. The summed E-state index contributed by atoms with van der Waals surface area (Å²) in [6.07, 6.45) is -3.90. The standard InChI is InChI=1S/C17H15F3O/c1-12-4-2-3-5-14(12)11-16(21)10-13-6-8-15(9-7-13)17(18,19)20/h2-9H,10-11H2,1H3. The maximum absolute atomic E-state index is 12.4. The molecule has 0 N–H and O–H groups in total. The number of benzene rings is 2. The summed E-state index contributed by atoms with van der Waals surface area (Å²) in [7, 11) is 0. The SMILES string of the molecule is Cc1ccccc1CC(=O)Cc1ccc(C(F)(F)F)cc1. The molecule has 0 amide bonds. The first-order chi connectivity index (χ1) is 9.86. The number of aryl methyl sites for hydroxylation is 1. The van der Waals surface area contributed by atoms with Gasteiger partial charge in [0.05, 0.1) is 5.56 Å². The third-order valence-electron chi connectivity index (χ3n) is 3.33. The van der Waals surface area contributed by atoms with E-state index in [1.807, 2.05) is 31.2 Å². The Morgan fingerprint density at radius 1 is 0.952 bits per heavy atom. The van der Waals surface area contributed by atoms with Crippen LogP contribution in [0, 0.1) is 6.92 Å². The number of carbonyl (C=O) groups is 1. The van der Waals surface area contributed by atoms with E-state index in [-0.39, 0.29) is 12.2 Å².